The van der Waals surface area contributed by atoms with E-state index in [2.05, 4.69) is 4.74 Å². The molecule has 0 bridgehead atoms. The summed E-state index contributed by atoms with van der Waals surface area (Å²) in [4.78, 5) is 11.4. The van der Waals surface area contributed by atoms with Gasteiger partial charge in [0.1, 0.15) is 12.2 Å². The third kappa shape index (κ3) is 4.82. The fraction of sp³-hybridized carbons (Fsp3) is 0.250. The first kappa shape index (κ1) is 19.3. The van der Waals surface area contributed by atoms with E-state index in [1.165, 1.54) is 25.3 Å². The molecule has 0 radical (unpaired) electrons. The van der Waals surface area contributed by atoms with Crippen molar-refractivity contribution < 1.29 is 26.9 Å². The SMILES string of the molecule is COC(=O)/C=C/c1ccccc1C1OC1COS(=O)(=O)c1ccc(C)cc1. The number of rotatable bonds is 7. The van der Waals surface area contributed by atoms with Crippen molar-refractivity contribution in [2.24, 2.45) is 0 Å². The van der Waals surface area contributed by atoms with Crippen LogP contribution < -0.4 is 0 Å². The van der Waals surface area contributed by atoms with E-state index in [0.717, 1.165) is 16.7 Å². The molecule has 1 saturated heterocycles. The van der Waals surface area contributed by atoms with Crippen LogP contribution in [0, 0.1) is 6.92 Å². The number of benzene rings is 2. The lowest BCUT2D eigenvalue weighted by Crippen LogP contribution is -2.11. The van der Waals surface area contributed by atoms with Crippen LogP contribution in [0.3, 0.4) is 0 Å². The van der Waals surface area contributed by atoms with Crippen molar-refractivity contribution in [1.29, 1.82) is 0 Å². The largest absolute Gasteiger partial charge is 0.466 e. The molecular weight excluding hydrogens is 368 g/mol. The van der Waals surface area contributed by atoms with Gasteiger partial charge in [0.05, 0.1) is 18.6 Å². The van der Waals surface area contributed by atoms with Gasteiger partial charge in [-0.2, -0.15) is 8.42 Å². The van der Waals surface area contributed by atoms with E-state index >= 15 is 0 Å². The number of aryl methyl sites for hydroxylation is 1. The summed E-state index contributed by atoms with van der Waals surface area (Å²) in [5.74, 6) is -0.453. The van der Waals surface area contributed by atoms with Crippen LogP contribution in [0.25, 0.3) is 6.08 Å². The maximum Gasteiger partial charge on any atom is 0.330 e. The van der Waals surface area contributed by atoms with Gasteiger partial charge in [-0.25, -0.2) is 4.79 Å². The zero-order valence-corrected chi connectivity index (χ0v) is 15.8. The molecule has 1 heterocycles. The molecule has 7 heteroatoms. The van der Waals surface area contributed by atoms with Gasteiger partial charge in [0.15, 0.2) is 0 Å². The maximum atomic E-state index is 12.3. The molecule has 2 aromatic rings. The number of methoxy groups -OCH3 is 1. The highest BCUT2D eigenvalue weighted by Crippen LogP contribution is 2.41. The Morgan fingerprint density at radius 2 is 1.85 bits per heavy atom. The van der Waals surface area contributed by atoms with Gasteiger partial charge in [0.2, 0.25) is 0 Å². The zero-order valence-electron chi connectivity index (χ0n) is 15.0. The smallest absolute Gasteiger partial charge is 0.330 e. The van der Waals surface area contributed by atoms with Gasteiger partial charge in [-0.05, 0) is 36.3 Å². The summed E-state index contributed by atoms with van der Waals surface area (Å²) in [6.07, 6.45) is 2.33. The molecule has 0 N–H and O–H groups in total. The van der Waals surface area contributed by atoms with Crippen LogP contribution in [0.4, 0.5) is 0 Å². The average molecular weight is 388 g/mol. The highest BCUT2D eigenvalue weighted by atomic mass is 32.2. The van der Waals surface area contributed by atoms with Crippen molar-refractivity contribution >= 4 is 22.2 Å². The van der Waals surface area contributed by atoms with Gasteiger partial charge >= 0.3 is 5.97 Å². The van der Waals surface area contributed by atoms with Crippen LogP contribution in [0.1, 0.15) is 22.8 Å². The lowest BCUT2D eigenvalue weighted by atomic mass is 10.0. The fourth-order valence-corrected chi connectivity index (χ4v) is 3.54. The molecule has 2 atom stereocenters. The third-order valence-electron chi connectivity index (χ3n) is 4.18. The second-order valence-corrected chi connectivity index (χ2v) is 7.75. The molecule has 2 unspecified atom stereocenters. The lowest BCUT2D eigenvalue weighted by Gasteiger charge is -2.05. The van der Waals surface area contributed by atoms with Gasteiger partial charge in [0.25, 0.3) is 10.1 Å². The number of esters is 1. The summed E-state index contributed by atoms with van der Waals surface area (Å²) >= 11 is 0. The first-order valence-electron chi connectivity index (χ1n) is 8.37. The quantitative estimate of drug-likeness (QED) is 0.314. The second kappa shape index (κ2) is 8.04. The Hall–Kier alpha value is -2.48. The monoisotopic (exact) mass is 388 g/mol. The Kier molecular flexibility index (Phi) is 5.74. The van der Waals surface area contributed by atoms with Crippen LogP contribution in [0.5, 0.6) is 0 Å². The Labute approximate surface area is 158 Å². The van der Waals surface area contributed by atoms with Crippen LogP contribution in [0.2, 0.25) is 0 Å². The Bertz CT molecular complexity index is 947. The van der Waals surface area contributed by atoms with Crippen LogP contribution in [-0.2, 0) is 28.6 Å². The first-order chi connectivity index (χ1) is 12.9. The number of epoxide rings is 1. The molecule has 1 fully saturated rings. The Balaban J connectivity index is 1.64. The molecule has 1 aliphatic rings. The van der Waals surface area contributed by atoms with Crippen molar-refractivity contribution in [3.63, 3.8) is 0 Å². The predicted molar refractivity (Wildman–Crippen MR) is 99.4 cm³/mol. The van der Waals surface area contributed by atoms with Crippen molar-refractivity contribution in [3.05, 3.63) is 71.3 Å². The van der Waals surface area contributed by atoms with E-state index in [1.807, 2.05) is 31.2 Å². The number of ether oxygens (including phenoxy) is 2. The van der Waals surface area contributed by atoms with Crippen molar-refractivity contribution in [3.8, 4) is 0 Å². The van der Waals surface area contributed by atoms with E-state index < -0.39 is 16.1 Å². The summed E-state index contributed by atoms with van der Waals surface area (Å²) < 4.78 is 39.8. The maximum absolute atomic E-state index is 12.3. The number of carbonyl (C=O) groups is 1. The number of hydrogen-bond donors (Lipinski definition) is 0. The molecule has 2 aromatic carbocycles. The molecule has 0 aliphatic carbocycles. The molecule has 0 aromatic heterocycles. The molecular formula is C20H20O6S. The summed E-state index contributed by atoms with van der Waals surface area (Å²) in [6.45, 7) is 1.81. The van der Waals surface area contributed by atoms with Crippen molar-refractivity contribution in [2.75, 3.05) is 13.7 Å². The summed E-state index contributed by atoms with van der Waals surface area (Å²) in [6, 6.07) is 13.9. The first-order valence-corrected chi connectivity index (χ1v) is 9.78. The van der Waals surface area contributed by atoms with E-state index in [-0.39, 0.29) is 23.7 Å². The van der Waals surface area contributed by atoms with Crippen LogP contribution >= 0.6 is 0 Å². The van der Waals surface area contributed by atoms with Gasteiger partial charge in [-0.15, -0.1) is 0 Å². The summed E-state index contributed by atoms with van der Waals surface area (Å²) in [5.41, 5.74) is 2.63. The minimum absolute atomic E-state index is 0.0735. The van der Waals surface area contributed by atoms with Crippen molar-refractivity contribution in [1.82, 2.24) is 0 Å². The third-order valence-corrected chi connectivity index (χ3v) is 5.48. The number of hydrogen-bond acceptors (Lipinski definition) is 6. The highest BCUT2D eigenvalue weighted by molar-refractivity contribution is 7.86. The fourth-order valence-electron chi connectivity index (χ4n) is 2.62. The predicted octanol–water partition coefficient (Wildman–Crippen LogP) is 3.03. The normalized spacial score (nSPS) is 19.2. The molecule has 1 aliphatic heterocycles. The number of carbonyl (C=O) groups excluding carboxylic acids is 1. The average Bonchev–Trinajstić information content (AvgIpc) is 3.45. The van der Waals surface area contributed by atoms with E-state index in [1.54, 1.807) is 18.2 Å². The van der Waals surface area contributed by atoms with E-state index in [9.17, 15) is 13.2 Å². The van der Waals surface area contributed by atoms with Crippen LogP contribution in [-0.4, -0.2) is 34.2 Å². The minimum atomic E-state index is -3.83. The summed E-state index contributed by atoms with van der Waals surface area (Å²) in [5, 5.41) is 0. The molecule has 3 rings (SSSR count). The lowest BCUT2D eigenvalue weighted by molar-refractivity contribution is -0.134. The van der Waals surface area contributed by atoms with Gasteiger partial charge < -0.3 is 9.47 Å². The van der Waals surface area contributed by atoms with E-state index in [0.29, 0.717) is 0 Å². The molecule has 0 spiro atoms. The highest BCUT2D eigenvalue weighted by Gasteiger charge is 2.42. The van der Waals surface area contributed by atoms with E-state index in [4.69, 9.17) is 8.92 Å². The van der Waals surface area contributed by atoms with Gasteiger partial charge in [0, 0.05) is 6.08 Å². The second-order valence-electron chi connectivity index (χ2n) is 6.13. The Morgan fingerprint density at radius 3 is 2.56 bits per heavy atom. The molecule has 0 saturated carbocycles. The molecule has 142 valence electrons. The van der Waals surface area contributed by atoms with Crippen LogP contribution in [0.15, 0.2) is 59.5 Å². The standard InChI is InChI=1S/C20H20O6S/c1-14-7-10-16(11-8-14)27(22,23)25-13-18-20(26-18)17-6-4-3-5-15(17)9-12-19(21)24-2/h3-12,18,20H,13H2,1-2H3/b12-9+. The van der Waals surface area contributed by atoms with Gasteiger partial charge in [-0.1, -0.05) is 42.0 Å². The summed E-state index contributed by atoms with van der Waals surface area (Å²) in [7, 11) is -2.52. The van der Waals surface area contributed by atoms with Crippen molar-refractivity contribution in [2.45, 2.75) is 24.0 Å². The molecule has 0 amide bonds. The molecule has 27 heavy (non-hydrogen) atoms. The van der Waals surface area contributed by atoms with Gasteiger partial charge in [-0.3, -0.25) is 4.18 Å². The topological polar surface area (TPSA) is 82.2 Å². The minimum Gasteiger partial charge on any atom is -0.466 e. The molecule has 6 nitrogen and oxygen atoms in total. The zero-order chi connectivity index (χ0) is 19.4. The Morgan fingerprint density at radius 1 is 1.15 bits per heavy atom.